The standard InChI is InChI=1S/C17H14ClN3O3/c18-13-4-2-1-3-12(13)15(22)10-20-17(23)14-9-16(24-21-14)11-5-7-19-8-6-11/h1-9,15,22H,10H2,(H,20,23). The third kappa shape index (κ3) is 3.61. The number of amides is 1. The van der Waals surface area contributed by atoms with Gasteiger partial charge in [-0.15, -0.1) is 0 Å². The number of carbonyl (C=O) groups is 1. The van der Waals surface area contributed by atoms with Gasteiger partial charge in [0.15, 0.2) is 11.5 Å². The van der Waals surface area contributed by atoms with Gasteiger partial charge in [-0.2, -0.15) is 0 Å². The minimum absolute atomic E-state index is 0.0139. The maximum Gasteiger partial charge on any atom is 0.273 e. The van der Waals surface area contributed by atoms with Gasteiger partial charge < -0.3 is 14.9 Å². The van der Waals surface area contributed by atoms with Crippen LogP contribution in [0.3, 0.4) is 0 Å². The molecule has 0 aliphatic heterocycles. The normalized spacial score (nSPS) is 11.9. The Morgan fingerprint density at radius 1 is 1.25 bits per heavy atom. The van der Waals surface area contributed by atoms with Crippen molar-refractivity contribution in [1.29, 1.82) is 0 Å². The van der Waals surface area contributed by atoms with Crippen LogP contribution >= 0.6 is 11.6 Å². The zero-order valence-electron chi connectivity index (χ0n) is 12.5. The van der Waals surface area contributed by atoms with Crippen LogP contribution in [-0.4, -0.2) is 27.7 Å². The molecule has 0 bridgehead atoms. The molecule has 0 aliphatic carbocycles. The molecule has 0 radical (unpaired) electrons. The Morgan fingerprint density at radius 3 is 2.75 bits per heavy atom. The summed E-state index contributed by atoms with van der Waals surface area (Å²) in [5.41, 5.74) is 1.46. The van der Waals surface area contributed by atoms with Crippen LogP contribution in [-0.2, 0) is 0 Å². The number of hydrogen-bond acceptors (Lipinski definition) is 5. The molecule has 0 aliphatic rings. The summed E-state index contributed by atoms with van der Waals surface area (Å²) in [6.45, 7) is 0.0139. The van der Waals surface area contributed by atoms with Gasteiger partial charge in [0.25, 0.3) is 5.91 Å². The quantitative estimate of drug-likeness (QED) is 0.743. The highest BCUT2D eigenvalue weighted by Gasteiger charge is 2.16. The second-order valence-electron chi connectivity index (χ2n) is 5.06. The highest BCUT2D eigenvalue weighted by Crippen LogP contribution is 2.22. The minimum Gasteiger partial charge on any atom is -0.387 e. The molecule has 0 fully saturated rings. The van der Waals surface area contributed by atoms with E-state index in [4.69, 9.17) is 16.1 Å². The van der Waals surface area contributed by atoms with Gasteiger partial charge >= 0.3 is 0 Å². The fourth-order valence-corrected chi connectivity index (χ4v) is 2.43. The van der Waals surface area contributed by atoms with Gasteiger partial charge in [0, 0.05) is 41.2 Å². The average Bonchev–Trinajstić information content (AvgIpc) is 3.11. The molecular weight excluding hydrogens is 330 g/mol. The van der Waals surface area contributed by atoms with Gasteiger partial charge in [-0.1, -0.05) is 35.0 Å². The Kier molecular flexibility index (Phi) is 4.88. The number of nitrogens with zero attached hydrogens (tertiary/aromatic N) is 2. The Hall–Kier alpha value is -2.70. The summed E-state index contributed by atoms with van der Waals surface area (Å²) in [5.74, 6) is 0.0272. The molecule has 6 nitrogen and oxygen atoms in total. The first-order valence-corrected chi connectivity index (χ1v) is 7.61. The van der Waals surface area contributed by atoms with Crippen molar-refractivity contribution in [2.75, 3.05) is 6.54 Å². The van der Waals surface area contributed by atoms with E-state index in [1.807, 2.05) is 0 Å². The molecule has 0 saturated carbocycles. The van der Waals surface area contributed by atoms with E-state index in [0.29, 0.717) is 16.3 Å². The van der Waals surface area contributed by atoms with Crippen molar-refractivity contribution in [3.05, 3.63) is 71.1 Å². The van der Waals surface area contributed by atoms with E-state index in [0.717, 1.165) is 5.56 Å². The monoisotopic (exact) mass is 343 g/mol. The molecule has 122 valence electrons. The first kappa shape index (κ1) is 16.2. The van der Waals surface area contributed by atoms with Crippen LogP contribution in [0.15, 0.2) is 59.4 Å². The molecule has 1 aromatic carbocycles. The fraction of sp³-hybridized carbons (Fsp3) is 0.118. The molecule has 2 aromatic heterocycles. The lowest BCUT2D eigenvalue weighted by atomic mass is 10.1. The van der Waals surface area contributed by atoms with Crippen LogP contribution in [0.1, 0.15) is 22.2 Å². The van der Waals surface area contributed by atoms with Gasteiger partial charge in [-0.3, -0.25) is 9.78 Å². The van der Waals surface area contributed by atoms with Gasteiger partial charge in [-0.05, 0) is 18.2 Å². The predicted molar refractivity (Wildman–Crippen MR) is 88.5 cm³/mol. The highest BCUT2D eigenvalue weighted by atomic mass is 35.5. The number of carbonyl (C=O) groups excluding carboxylic acids is 1. The Bertz CT molecular complexity index is 836. The van der Waals surface area contributed by atoms with Gasteiger partial charge in [0.1, 0.15) is 0 Å². The molecule has 2 heterocycles. The molecule has 7 heteroatoms. The van der Waals surface area contributed by atoms with Crippen LogP contribution in [0.4, 0.5) is 0 Å². The number of aliphatic hydroxyl groups excluding tert-OH is 1. The third-order valence-corrected chi connectivity index (χ3v) is 3.77. The molecule has 1 atom stereocenters. The topological polar surface area (TPSA) is 88.2 Å². The van der Waals surface area contributed by atoms with Crippen LogP contribution in [0.5, 0.6) is 0 Å². The summed E-state index contributed by atoms with van der Waals surface area (Å²) in [6.07, 6.45) is 2.34. The maximum absolute atomic E-state index is 12.1. The van der Waals surface area contributed by atoms with E-state index in [2.05, 4.69) is 15.5 Å². The lowest BCUT2D eigenvalue weighted by Gasteiger charge is -2.12. The molecule has 3 aromatic rings. The maximum atomic E-state index is 12.1. The SMILES string of the molecule is O=C(NCC(O)c1ccccc1Cl)c1cc(-c2ccncc2)on1. The van der Waals surface area contributed by atoms with Crippen LogP contribution in [0.25, 0.3) is 11.3 Å². The predicted octanol–water partition coefficient (Wildman–Crippen LogP) is 2.85. The van der Waals surface area contributed by atoms with Crippen LogP contribution in [0.2, 0.25) is 5.02 Å². The molecule has 0 spiro atoms. The van der Waals surface area contributed by atoms with Crippen molar-refractivity contribution >= 4 is 17.5 Å². The fourth-order valence-electron chi connectivity index (χ4n) is 2.17. The first-order valence-electron chi connectivity index (χ1n) is 7.23. The van der Waals surface area contributed by atoms with Gasteiger partial charge in [0.05, 0.1) is 6.10 Å². The number of hydrogen-bond donors (Lipinski definition) is 2. The molecule has 24 heavy (non-hydrogen) atoms. The number of halogens is 1. The summed E-state index contributed by atoms with van der Waals surface area (Å²) in [6, 6.07) is 12.0. The first-order chi connectivity index (χ1) is 11.6. The number of aliphatic hydroxyl groups is 1. The Morgan fingerprint density at radius 2 is 2.00 bits per heavy atom. The third-order valence-electron chi connectivity index (χ3n) is 3.43. The molecule has 1 unspecified atom stereocenters. The number of benzene rings is 1. The summed E-state index contributed by atoms with van der Waals surface area (Å²) in [5, 5.41) is 16.9. The van der Waals surface area contributed by atoms with Gasteiger partial charge in [-0.25, -0.2) is 0 Å². The number of aromatic nitrogens is 2. The van der Waals surface area contributed by atoms with Crippen molar-refractivity contribution in [1.82, 2.24) is 15.5 Å². The average molecular weight is 344 g/mol. The number of rotatable bonds is 5. The van der Waals surface area contributed by atoms with E-state index < -0.39 is 12.0 Å². The lowest BCUT2D eigenvalue weighted by molar-refractivity contribution is 0.0907. The van der Waals surface area contributed by atoms with E-state index in [-0.39, 0.29) is 12.2 Å². The largest absolute Gasteiger partial charge is 0.387 e. The summed E-state index contributed by atoms with van der Waals surface area (Å²) in [7, 11) is 0. The summed E-state index contributed by atoms with van der Waals surface area (Å²) >= 11 is 6.02. The second kappa shape index (κ2) is 7.25. The summed E-state index contributed by atoms with van der Waals surface area (Å²) < 4.78 is 5.16. The van der Waals surface area contributed by atoms with Crippen molar-refractivity contribution in [3.8, 4) is 11.3 Å². The second-order valence-corrected chi connectivity index (χ2v) is 5.47. The smallest absolute Gasteiger partial charge is 0.273 e. The molecule has 0 saturated heterocycles. The minimum atomic E-state index is -0.908. The molecule has 1 amide bonds. The van der Waals surface area contributed by atoms with Crippen LogP contribution in [0, 0.1) is 0 Å². The van der Waals surface area contributed by atoms with Crippen molar-refractivity contribution in [2.24, 2.45) is 0 Å². The van der Waals surface area contributed by atoms with Crippen molar-refractivity contribution in [2.45, 2.75) is 6.10 Å². The van der Waals surface area contributed by atoms with Crippen molar-refractivity contribution in [3.63, 3.8) is 0 Å². The lowest BCUT2D eigenvalue weighted by Crippen LogP contribution is -2.28. The zero-order chi connectivity index (χ0) is 16.9. The van der Waals surface area contributed by atoms with Crippen molar-refractivity contribution < 1.29 is 14.4 Å². The van der Waals surface area contributed by atoms with E-state index >= 15 is 0 Å². The van der Waals surface area contributed by atoms with Gasteiger partial charge in [0.2, 0.25) is 0 Å². The van der Waals surface area contributed by atoms with E-state index in [1.165, 1.54) is 6.07 Å². The zero-order valence-corrected chi connectivity index (χ0v) is 13.3. The molecule has 3 rings (SSSR count). The number of nitrogens with one attached hydrogen (secondary N) is 1. The van der Waals surface area contributed by atoms with E-state index in [9.17, 15) is 9.90 Å². The highest BCUT2D eigenvalue weighted by molar-refractivity contribution is 6.31. The Labute approximate surface area is 143 Å². The molecular formula is C17H14ClN3O3. The van der Waals surface area contributed by atoms with Crippen LogP contribution < -0.4 is 5.32 Å². The molecule has 2 N–H and O–H groups in total. The summed E-state index contributed by atoms with van der Waals surface area (Å²) in [4.78, 5) is 16.0. The van der Waals surface area contributed by atoms with E-state index in [1.54, 1.807) is 48.8 Å². The Balaban J connectivity index is 1.64. The number of pyridine rings is 1.